The first kappa shape index (κ1) is 21.5. The first-order chi connectivity index (χ1) is 13.3. The molecule has 10 heteroatoms. The molecule has 0 heterocycles. The third-order valence-corrected chi connectivity index (χ3v) is 4.57. The minimum Gasteiger partial charge on any atom is -0.493 e. The van der Waals surface area contributed by atoms with Crippen LogP contribution in [0.4, 0.5) is 11.4 Å². The standard InChI is InChI=1S/C18H13ClIN3O5/c1-27-16-7-10(6-13(20)17(16)28-2)5-11(9-21)18(24)22-14-4-3-12(19)8-15(14)23(25)26/h3-8H,1-2H3,(H,22,24)/b11-5-. The Balaban J connectivity index is 2.39. The number of nitrogens with one attached hydrogen (secondary N) is 1. The summed E-state index contributed by atoms with van der Waals surface area (Å²) in [5, 5.41) is 23.0. The lowest BCUT2D eigenvalue weighted by Gasteiger charge is -2.11. The molecule has 8 nitrogen and oxygen atoms in total. The van der Waals surface area contributed by atoms with E-state index >= 15 is 0 Å². The van der Waals surface area contributed by atoms with Gasteiger partial charge in [0.05, 0.1) is 22.7 Å². The van der Waals surface area contributed by atoms with Gasteiger partial charge in [0.25, 0.3) is 11.6 Å². The van der Waals surface area contributed by atoms with Crippen molar-refractivity contribution < 1.29 is 19.2 Å². The first-order valence-corrected chi connectivity index (χ1v) is 9.05. The van der Waals surface area contributed by atoms with Gasteiger partial charge in [-0.1, -0.05) is 11.6 Å². The van der Waals surface area contributed by atoms with Crippen molar-refractivity contribution in [3.05, 3.63) is 60.2 Å². The molecule has 144 valence electrons. The molecular formula is C18H13ClIN3O5. The van der Waals surface area contributed by atoms with Crippen molar-refractivity contribution >= 4 is 57.5 Å². The molecule has 0 atom stereocenters. The summed E-state index contributed by atoms with van der Waals surface area (Å²) >= 11 is 7.80. The van der Waals surface area contributed by atoms with Crippen LogP contribution >= 0.6 is 34.2 Å². The number of nitriles is 1. The molecule has 1 amide bonds. The highest BCUT2D eigenvalue weighted by Gasteiger charge is 2.19. The summed E-state index contributed by atoms with van der Waals surface area (Å²) in [6, 6.07) is 8.92. The smallest absolute Gasteiger partial charge is 0.294 e. The molecular weight excluding hydrogens is 501 g/mol. The van der Waals surface area contributed by atoms with Crippen molar-refractivity contribution in [1.29, 1.82) is 5.26 Å². The van der Waals surface area contributed by atoms with Crippen molar-refractivity contribution in [2.45, 2.75) is 0 Å². The zero-order chi connectivity index (χ0) is 20.8. The molecule has 0 saturated carbocycles. The van der Waals surface area contributed by atoms with Crippen molar-refractivity contribution in [2.24, 2.45) is 0 Å². The van der Waals surface area contributed by atoms with Crippen LogP contribution in [-0.4, -0.2) is 25.1 Å². The van der Waals surface area contributed by atoms with E-state index in [1.807, 2.05) is 22.6 Å². The van der Waals surface area contributed by atoms with Gasteiger partial charge in [-0.25, -0.2) is 0 Å². The van der Waals surface area contributed by atoms with E-state index in [0.717, 1.165) is 9.64 Å². The molecule has 0 fully saturated rings. The van der Waals surface area contributed by atoms with Crippen LogP contribution in [-0.2, 0) is 4.79 Å². The van der Waals surface area contributed by atoms with Crippen LogP contribution in [0.5, 0.6) is 11.5 Å². The SMILES string of the molecule is COc1cc(/C=C(/C#N)C(=O)Nc2ccc(Cl)cc2[N+](=O)[O-])cc(I)c1OC. The van der Waals surface area contributed by atoms with Gasteiger partial charge in [-0.05, 0) is 58.5 Å². The van der Waals surface area contributed by atoms with Gasteiger partial charge in [-0.15, -0.1) is 0 Å². The number of halogens is 2. The fourth-order valence-electron chi connectivity index (χ4n) is 2.29. The predicted molar refractivity (Wildman–Crippen MR) is 113 cm³/mol. The summed E-state index contributed by atoms with van der Waals surface area (Å²) in [7, 11) is 2.97. The number of hydrogen-bond acceptors (Lipinski definition) is 6. The minimum atomic E-state index is -0.794. The van der Waals surface area contributed by atoms with Gasteiger partial charge < -0.3 is 14.8 Å². The Morgan fingerprint density at radius 2 is 2.04 bits per heavy atom. The fraction of sp³-hybridized carbons (Fsp3) is 0.111. The number of hydrogen-bond donors (Lipinski definition) is 1. The van der Waals surface area contributed by atoms with E-state index in [-0.39, 0.29) is 22.0 Å². The van der Waals surface area contributed by atoms with Gasteiger partial charge in [0.1, 0.15) is 17.3 Å². The summed E-state index contributed by atoms with van der Waals surface area (Å²) in [5.74, 6) is 0.171. The predicted octanol–water partition coefficient (Wildman–Crippen LogP) is 4.42. The second-order valence-corrected chi connectivity index (χ2v) is 6.88. The zero-order valence-electron chi connectivity index (χ0n) is 14.7. The van der Waals surface area contributed by atoms with Crippen LogP contribution in [0.3, 0.4) is 0 Å². The maximum absolute atomic E-state index is 12.5. The highest BCUT2D eigenvalue weighted by molar-refractivity contribution is 14.1. The summed E-state index contributed by atoms with van der Waals surface area (Å²) in [6.07, 6.45) is 1.35. The summed E-state index contributed by atoms with van der Waals surface area (Å²) in [5.41, 5.74) is -0.159. The van der Waals surface area contributed by atoms with Crippen LogP contribution in [0.15, 0.2) is 35.9 Å². The lowest BCUT2D eigenvalue weighted by molar-refractivity contribution is -0.383. The van der Waals surface area contributed by atoms with Gasteiger partial charge in [0.15, 0.2) is 11.5 Å². The Bertz CT molecular complexity index is 1020. The van der Waals surface area contributed by atoms with Gasteiger partial charge in [0, 0.05) is 11.1 Å². The number of nitro groups is 1. The number of ether oxygens (including phenoxy) is 2. The van der Waals surface area contributed by atoms with E-state index < -0.39 is 10.8 Å². The van der Waals surface area contributed by atoms with Crippen LogP contribution in [0.2, 0.25) is 5.02 Å². The molecule has 0 aromatic heterocycles. The zero-order valence-corrected chi connectivity index (χ0v) is 17.6. The number of nitrogens with zero attached hydrogens (tertiary/aromatic N) is 2. The van der Waals surface area contributed by atoms with Crippen molar-refractivity contribution in [2.75, 3.05) is 19.5 Å². The van der Waals surface area contributed by atoms with E-state index in [0.29, 0.717) is 17.1 Å². The minimum absolute atomic E-state index is 0.0672. The topological polar surface area (TPSA) is 114 Å². The highest BCUT2D eigenvalue weighted by Crippen LogP contribution is 2.34. The van der Waals surface area contributed by atoms with E-state index in [1.54, 1.807) is 18.2 Å². The monoisotopic (exact) mass is 513 g/mol. The Morgan fingerprint density at radius 3 is 2.61 bits per heavy atom. The molecule has 2 rings (SSSR count). The number of carbonyl (C=O) groups is 1. The van der Waals surface area contributed by atoms with Gasteiger partial charge in [-0.3, -0.25) is 14.9 Å². The second kappa shape index (κ2) is 9.38. The quantitative estimate of drug-likeness (QED) is 0.201. The number of anilines is 1. The summed E-state index contributed by atoms with van der Waals surface area (Å²) in [6.45, 7) is 0. The van der Waals surface area contributed by atoms with Gasteiger partial charge >= 0.3 is 0 Å². The molecule has 0 aliphatic rings. The van der Waals surface area contributed by atoms with Crippen LogP contribution in [0.1, 0.15) is 5.56 Å². The molecule has 0 saturated heterocycles. The highest BCUT2D eigenvalue weighted by atomic mass is 127. The van der Waals surface area contributed by atoms with Crippen LogP contribution < -0.4 is 14.8 Å². The lowest BCUT2D eigenvalue weighted by atomic mass is 10.1. The van der Waals surface area contributed by atoms with Gasteiger partial charge in [-0.2, -0.15) is 5.26 Å². The number of carbonyl (C=O) groups excluding carboxylic acids is 1. The Morgan fingerprint density at radius 1 is 1.32 bits per heavy atom. The van der Waals surface area contributed by atoms with E-state index in [9.17, 15) is 20.2 Å². The number of nitro benzene ring substituents is 1. The molecule has 0 radical (unpaired) electrons. The third kappa shape index (κ3) is 4.90. The number of rotatable bonds is 6. The maximum atomic E-state index is 12.5. The average Bonchev–Trinajstić information content (AvgIpc) is 2.66. The average molecular weight is 514 g/mol. The number of methoxy groups -OCH3 is 2. The Kier molecular flexibility index (Phi) is 7.19. The van der Waals surface area contributed by atoms with Crippen molar-refractivity contribution in [3.63, 3.8) is 0 Å². The molecule has 0 bridgehead atoms. The van der Waals surface area contributed by atoms with Crippen molar-refractivity contribution in [1.82, 2.24) is 0 Å². The van der Waals surface area contributed by atoms with Gasteiger partial charge in [0.2, 0.25) is 0 Å². The number of benzene rings is 2. The lowest BCUT2D eigenvalue weighted by Crippen LogP contribution is -2.14. The molecule has 2 aromatic rings. The van der Waals surface area contributed by atoms with Crippen LogP contribution in [0, 0.1) is 25.0 Å². The van der Waals surface area contributed by atoms with Crippen LogP contribution in [0.25, 0.3) is 6.08 Å². The molecule has 0 aliphatic heterocycles. The largest absolute Gasteiger partial charge is 0.493 e. The number of amides is 1. The van der Waals surface area contributed by atoms with E-state index in [1.165, 1.54) is 32.4 Å². The summed E-state index contributed by atoms with van der Waals surface area (Å²) in [4.78, 5) is 22.9. The third-order valence-electron chi connectivity index (χ3n) is 3.54. The van der Waals surface area contributed by atoms with Crippen molar-refractivity contribution in [3.8, 4) is 17.6 Å². The molecule has 1 N–H and O–H groups in total. The first-order valence-electron chi connectivity index (χ1n) is 7.59. The normalized spacial score (nSPS) is 10.8. The summed E-state index contributed by atoms with van der Waals surface area (Å²) < 4.78 is 11.2. The fourth-order valence-corrected chi connectivity index (χ4v) is 3.30. The van der Waals surface area contributed by atoms with E-state index in [2.05, 4.69) is 5.32 Å². The molecule has 0 unspecified atom stereocenters. The molecule has 28 heavy (non-hydrogen) atoms. The maximum Gasteiger partial charge on any atom is 0.294 e. The Hall–Kier alpha value is -2.84. The second-order valence-electron chi connectivity index (χ2n) is 5.28. The Labute approximate surface area is 179 Å². The molecule has 0 aliphatic carbocycles. The van der Waals surface area contributed by atoms with E-state index in [4.69, 9.17) is 21.1 Å². The molecule has 2 aromatic carbocycles. The molecule has 0 spiro atoms.